The van der Waals surface area contributed by atoms with Crippen molar-refractivity contribution < 1.29 is 13.2 Å². The van der Waals surface area contributed by atoms with Crippen molar-refractivity contribution in [3.63, 3.8) is 0 Å². The van der Waals surface area contributed by atoms with E-state index >= 15 is 0 Å². The predicted octanol–water partition coefficient (Wildman–Crippen LogP) is 1.95. The van der Waals surface area contributed by atoms with Crippen molar-refractivity contribution in [1.29, 1.82) is 0 Å². The molecule has 0 spiro atoms. The number of nitrogens with zero attached hydrogens (tertiary/aromatic N) is 1. The van der Waals surface area contributed by atoms with Gasteiger partial charge in [-0.15, -0.1) is 0 Å². The molecule has 0 amide bonds. The fourth-order valence-electron chi connectivity index (χ4n) is 2.21. The first-order valence-electron chi connectivity index (χ1n) is 5.19. The summed E-state index contributed by atoms with van der Waals surface area (Å²) in [6, 6.07) is 10.9. The molecule has 1 aliphatic rings. The summed E-state index contributed by atoms with van der Waals surface area (Å²) in [5.41, 5.74) is 0.694. The van der Waals surface area contributed by atoms with E-state index in [1.807, 2.05) is 18.2 Å². The summed E-state index contributed by atoms with van der Waals surface area (Å²) in [4.78, 5) is 0.364. The lowest BCUT2D eigenvalue weighted by atomic mass is 10.1. The quantitative estimate of drug-likeness (QED) is 0.817. The normalized spacial score (nSPS) is 16.6. The Balaban J connectivity index is 2.41. The molecule has 0 aromatic heterocycles. The number of ether oxygens (including phenoxy) is 1. The van der Waals surface area contributed by atoms with Crippen LogP contribution in [0.25, 0.3) is 10.8 Å². The third kappa shape index (κ3) is 1.29. The minimum atomic E-state index is -3.45. The number of benzene rings is 2. The standard InChI is InChI=1S/C12H11NO3S/c1-16-8-13-10-6-2-4-9-5-3-7-11(12(9)10)17(13,14)15/h2-7H,8H2,1H3. The second-order valence-corrected chi connectivity index (χ2v) is 5.73. The van der Waals surface area contributed by atoms with Crippen molar-refractivity contribution in [1.82, 2.24) is 0 Å². The van der Waals surface area contributed by atoms with Crippen LogP contribution in [-0.2, 0) is 14.8 Å². The Labute approximate surface area is 99.5 Å². The number of rotatable bonds is 2. The van der Waals surface area contributed by atoms with Gasteiger partial charge in [0.15, 0.2) is 0 Å². The van der Waals surface area contributed by atoms with Crippen LogP contribution in [0.3, 0.4) is 0 Å². The third-order valence-corrected chi connectivity index (χ3v) is 4.71. The van der Waals surface area contributed by atoms with Crippen LogP contribution in [-0.4, -0.2) is 22.3 Å². The van der Waals surface area contributed by atoms with Crippen molar-refractivity contribution in [2.75, 3.05) is 18.1 Å². The molecule has 0 atom stereocenters. The molecule has 0 fully saturated rings. The largest absolute Gasteiger partial charge is 0.363 e. The number of hydrogen-bond acceptors (Lipinski definition) is 3. The molecule has 88 valence electrons. The van der Waals surface area contributed by atoms with Gasteiger partial charge in [0.2, 0.25) is 0 Å². The van der Waals surface area contributed by atoms with E-state index in [9.17, 15) is 8.42 Å². The van der Waals surface area contributed by atoms with Crippen molar-refractivity contribution in [3.05, 3.63) is 36.4 Å². The van der Waals surface area contributed by atoms with Gasteiger partial charge in [-0.25, -0.2) is 12.7 Å². The summed E-state index contributed by atoms with van der Waals surface area (Å²) < 4.78 is 30.9. The smallest absolute Gasteiger partial charge is 0.266 e. The van der Waals surface area contributed by atoms with Crippen LogP contribution in [0.15, 0.2) is 41.3 Å². The fourth-order valence-corrected chi connectivity index (χ4v) is 3.84. The lowest BCUT2D eigenvalue weighted by Crippen LogP contribution is -2.28. The highest BCUT2D eigenvalue weighted by atomic mass is 32.2. The van der Waals surface area contributed by atoms with Gasteiger partial charge in [0.25, 0.3) is 10.0 Å². The van der Waals surface area contributed by atoms with Crippen LogP contribution >= 0.6 is 0 Å². The average Bonchev–Trinajstić information content (AvgIpc) is 2.54. The van der Waals surface area contributed by atoms with E-state index in [4.69, 9.17) is 4.74 Å². The summed E-state index contributed by atoms with van der Waals surface area (Å²) in [6.07, 6.45) is 0. The van der Waals surface area contributed by atoms with Crippen LogP contribution in [0.4, 0.5) is 5.69 Å². The number of sulfonamides is 1. The van der Waals surface area contributed by atoms with Gasteiger partial charge in [0.1, 0.15) is 6.73 Å². The Bertz CT molecular complexity index is 689. The molecule has 0 saturated heterocycles. The van der Waals surface area contributed by atoms with Crippen LogP contribution in [0.5, 0.6) is 0 Å². The Morgan fingerprint density at radius 3 is 2.59 bits per heavy atom. The molecule has 3 rings (SSSR count). The summed E-state index contributed by atoms with van der Waals surface area (Å²) >= 11 is 0. The number of hydrogen-bond donors (Lipinski definition) is 0. The monoisotopic (exact) mass is 249 g/mol. The molecule has 0 radical (unpaired) electrons. The third-order valence-electron chi connectivity index (χ3n) is 2.93. The molecule has 0 saturated carbocycles. The van der Waals surface area contributed by atoms with E-state index in [1.165, 1.54) is 11.4 Å². The Morgan fingerprint density at radius 2 is 1.88 bits per heavy atom. The van der Waals surface area contributed by atoms with Gasteiger partial charge in [-0.1, -0.05) is 24.3 Å². The molecule has 4 nitrogen and oxygen atoms in total. The van der Waals surface area contributed by atoms with Crippen LogP contribution in [0.1, 0.15) is 0 Å². The van der Waals surface area contributed by atoms with E-state index in [0.29, 0.717) is 10.6 Å². The molecule has 1 heterocycles. The molecular formula is C12H11NO3S. The molecule has 0 bridgehead atoms. The summed E-state index contributed by atoms with van der Waals surface area (Å²) in [7, 11) is -1.97. The van der Waals surface area contributed by atoms with Crippen LogP contribution < -0.4 is 4.31 Å². The van der Waals surface area contributed by atoms with Crippen LogP contribution in [0, 0.1) is 0 Å². The van der Waals surface area contributed by atoms with Gasteiger partial charge < -0.3 is 4.74 Å². The maximum absolute atomic E-state index is 12.3. The minimum absolute atomic E-state index is 0.0378. The van der Waals surface area contributed by atoms with Gasteiger partial charge in [-0.05, 0) is 17.5 Å². The molecule has 1 aliphatic heterocycles. The zero-order valence-corrected chi connectivity index (χ0v) is 10.1. The molecule has 2 aromatic rings. The summed E-state index contributed by atoms with van der Waals surface area (Å²) in [6.45, 7) is 0.0378. The van der Waals surface area contributed by atoms with Gasteiger partial charge >= 0.3 is 0 Å². The zero-order chi connectivity index (χ0) is 12.0. The maximum Gasteiger partial charge on any atom is 0.266 e. The van der Waals surface area contributed by atoms with Gasteiger partial charge in [0, 0.05) is 12.5 Å². The summed E-state index contributed by atoms with van der Waals surface area (Å²) in [5, 5.41) is 1.72. The minimum Gasteiger partial charge on any atom is -0.363 e. The first-order valence-corrected chi connectivity index (χ1v) is 6.63. The predicted molar refractivity (Wildman–Crippen MR) is 65.5 cm³/mol. The second-order valence-electron chi connectivity index (χ2n) is 3.90. The van der Waals surface area contributed by atoms with E-state index < -0.39 is 10.0 Å². The Kier molecular flexibility index (Phi) is 2.14. The molecule has 2 aromatic carbocycles. The molecule has 0 N–H and O–H groups in total. The SMILES string of the molecule is COCN1c2cccc3cccc(c23)S1(=O)=O. The topological polar surface area (TPSA) is 46.6 Å². The Hall–Kier alpha value is -1.59. The zero-order valence-electron chi connectivity index (χ0n) is 9.25. The average molecular weight is 249 g/mol. The van der Waals surface area contributed by atoms with E-state index in [-0.39, 0.29) is 6.73 Å². The van der Waals surface area contributed by atoms with Gasteiger partial charge in [0.05, 0.1) is 10.6 Å². The molecule has 0 unspecified atom stereocenters. The lowest BCUT2D eigenvalue weighted by molar-refractivity contribution is 0.210. The van der Waals surface area contributed by atoms with E-state index in [1.54, 1.807) is 18.2 Å². The van der Waals surface area contributed by atoms with Crippen LogP contribution in [0.2, 0.25) is 0 Å². The molecular weight excluding hydrogens is 238 g/mol. The van der Waals surface area contributed by atoms with Gasteiger partial charge in [-0.2, -0.15) is 0 Å². The first-order chi connectivity index (χ1) is 8.16. The Morgan fingerprint density at radius 1 is 1.18 bits per heavy atom. The highest BCUT2D eigenvalue weighted by Crippen LogP contribution is 2.41. The first kappa shape index (κ1) is 10.6. The van der Waals surface area contributed by atoms with Crippen molar-refractivity contribution in [2.45, 2.75) is 4.90 Å². The fraction of sp³-hybridized carbons (Fsp3) is 0.167. The molecule has 17 heavy (non-hydrogen) atoms. The highest BCUT2D eigenvalue weighted by Gasteiger charge is 2.35. The van der Waals surface area contributed by atoms with Crippen molar-refractivity contribution in [3.8, 4) is 0 Å². The van der Waals surface area contributed by atoms with E-state index in [0.717, 1.165) is 10.8 Å². The molecule has 0 aliphatic carbocycles. The molecule has 5 heteroatoms. The number of anilines is 1. The van der Waals surface area contributed by atoms with E-state index in [2.05, 4.69) is 0 Å². The lowest BCUT2D eigenvalue weighted by Gasteiger charge is -2.16. The number of methoxy groups -OCH3 is 1. The van der Waals surface area contributed by atoms with Gasteiger partial charge in [-0.3, -0.25) is 0 Å². The maximum atomic E-state index is 12.3. The second kappa shape index (κ2) is 3.45. The van der Waals surface area contributed by atoms with Crippen molar-refractivity contribution in [2.24, 2.45) is 0 Å². The summed E-state index contributed by atoms with van der Waals surface area (Å²) in [5.74, 6) is 0. The van der Waals surface area contributed by atoms with Crippen molar-refractivity contribution >= 4 is 26.5 Å². The highest BCUT2D eigenvalue weighted by molar-refractivity contribution is 7.93.